The fourth-order valence-corrected chi connectivity index (χ4v) is 8.89. The maximum Gasteiger partial charge on any atom is 0.208 e. The van der Waals surface area contributed by atoms with Gasteiger partial charge in [-0.15, -0.1) is 0 Å². The number of para-hydroxylation sites is 1. The summed E-state index contributed by atoms with van der Waals surface area (Å²) in [6.07, 6.45) is 0.971. The van der Waals surface area contributed by atoms with Gasteiger partial charge in [-0.2, -0.15) is 0 Å². The quantitative estimate of drug-likeness (QED) is 0.0714. The number of phenolic OH excluding ortho intramolecular Hbond substituents is 5. The van der Waals surface area contributed by atoms with E-state index in [1.54, 1.807) is 4.90 Å². The topological polar surface area (TPSA) is 108 Å². The van der Waals surface area contributed by atoms with E-state index >= 15 is 0 Å². The Morgan fingerprint density at radius 2 is 1.17 bits per heavy atom. The molecule has 8 aromatic rings. The Kier molecular flexibility index (Phi) is 6.09. The third-order valence-electron chi connectivity index (χ3n) is 11.4. The van der Waals surface area contributed by atoms with Gasteiger partial charge in [-0.05, 0) is 86.1 Å². The highest BCUT2D eigenvalue weighted by Gasteiger charge is 2.37. The number of benzene rings is 8. The normalized spacial score (nSPS) is 14.3. The first-order chi connectivity index (χ1) is 25.1. The summed E-state index contributed by atoms with van der Waals surface area (Å²) >= 11 is 0. The molecule has 7 nitrogen and oxygen atoms in total. The van der Waals surface area contributed by atoms with Crippen LogP contribution in [0.2, 0.25) is 0 Å². The summed E-state index contributed by atoms with van der Waals surface area (Å²) in [5.41, 5.74) is 8.70. The molecule has 8 aromatic carbocycles. The summed E-state index contributed by atoms with van der Waals surface area (Å²) in [6, 6.07) is 39.6. The molecule has 0 bridgehead atoms. The minimum Gasteiger partial charge on any atom is -0.503 e. The zero-order valence-electron chi connectivity index (χ0n) is 28.5. The standard InChI is InChI=1S/C45H34N2O5/c1-45(2)32-9-5-4-8-28(32)29-18-15-27(23-33(29)45)47(39-40(48)42(50)44(52)43(51)41(39)49)36-20-14-26-11-16-30-35(46-22-21-24-7-3-6-10-34(24)46)19-13-25-12-17-31(36)38(26)37(25)30/h3-20,23,48-52H,21-22H2,1-2H3. The second-order valence-electron chi connectivity index (χ2n) is 14.4. The molecule has 0 aromatic heterocycles. The monoisotopic (exact) mass is 682 g/mol. The van der Waals surface area contributed by atoms with Gasteiger partial charge in [0.25, 0.3) is 0 Å². The molecule has 1 aliphatic heterocycles. The molecule has 10 rings (SSSR count). The van der Waals surface area contributed by atoms with E-state index in [0.717, 1.165) is 67.7 Å². The summed E-state index contributed by atoms with van der Waals surface area (Å²) < 4.78 is 0. The Hall–Kier alpha value is -6.60. The lowest BCUT2D eigenvalue weighted by Gasteiger charge is -2.31. The molecular formula is C45H34N2O5. The van der Waals surface area contributed by atoms with Crippen molar-refractivity contribution in [2.45, 2.75) is 25.7 Å². The second kappa shape index (κ2) is 10.5. The fraction of sp³-hybridized carbons (Fsp3) is 0.111. The molecule has 0 fully saturated rings. The molecule has 0 atom stereocenters. The van der Waals surface area contributed by atoms with Crippen molar-refractivity contribution in [3.8, 4) is 39.9 Å². The van der Waals surface area contributed by atoms with Crippen molar-refractivity contribution in [3.05, 3.63) is 132 Å². The Bertz CT molecular complexity index is 2780. The van der Waals surface area contributed by atoms with Crippen LogP contribution in [0.1, 0.15) is 30.5 Å². The average Bonchev–Trinajstić information content (AvgIpc) is 3.70. The van der Waals surface area contributed by atoms with Crippen LogP contribution in [-0.4, -0.2) is 32.1 Å². The number of fused-ring (bicyclic) bond motifs is 4. The van der Waals surface area contributed by atoms with E-state index in [0.29, 0.717) is 11.4 Å². The van der Waals surface area contributed by atoms with Crippen LogP contribution in [0.25, 0.3) is 43.4 Å². The van der Waals surface area contributed by atoms with Crippen LogP contribution < -0.4 is 9.80 Å². The van der Waals surface area contributed by atoms with Crippen LogP contribution in [0, 0.1) is 0 Å². The number of anilines is 5. The molecule has 0 amide bonds. The Morgan fingerprint density at radius 1 is 0.558 bits per heavy atom. The predicted octanol–water partition coefficient (Wildman–Crippen LogP) is 10.6. The van der Waals surface area contributed by atoms with Crippen molar-refractivity contribution in [1.29, 1.82) is 0 Å². The van der Waals surface area contributed by atoms with Crippen LogP contribution in [0.4, 0.5) is 28.4 Å². The van der Waals surface area contributed by atoms with Crippen molar-refractivity contribution >= 4 is 60.8 Å². The van der Waals surface area contributed by atoms with Gasteiger partial charge in [0, 0.05) is 39.8 Å². The zero-order valence-corrected chi connectivity index (χ0v) is 28.5. The maximum absolute atomic E-state index is 11.5. The third-order valence-corrected chi connectivity index (χ3v) is 11.4. The van der Waals surface area contributed by atoms with E-state index in [1.165, 1.54) is 16.8 Å². The summed E-state index contributed by atoms with van der Waals surface area (Å²) in [5.74, 6) is -4.40. The average molecular weight is 683 g/mol. The van der Waals surface area contributed by atoms with Crippen molar-refractivity contribution in [3.63, 3.8) is 0 Å². The molecule has 1 heterocycles. The number of nitrogens with zero attached hydrogens (tertiary/aromatic N) is 2. The predicted molar refractivity (Wildman–Crippen MR) is 208 cm³/mol. The molecule has 0 radical (unpaired) electrons. The number of aromatic hydroxyl groups is 5. The van der Waals surface area contributed by atoms with Crippen molar-refractivity contribution in [1.82, 2.24) is 0 Å². The van der Waals surface area contributed by atoms with Gasteiger partial charge in [-0.25, -0.2) is 0 Å². The SMILES string of the molecule is CC1(C)c2ccccc2-c2ccc(N(c3c(O)c(O)c(O)c(O)c3O)c3ccc4ccc5c(N6CCc7ccccc76)ccc6ccc3c4c65)cc21. The van der Waals surface area contributed by atoms with Crippen LogP contribution in [0.3, 0.4) is 0 Å². The first kappa shape index (κ1) is 30.2. The molecule has 0 unspecified atom stereocenters. The number of rotatable bonds is 4. The minimum absolute atomic E-state index is 0.259. The van der Waals surface area contributed by atoms with E-state index in [4.69, 9.17) is 0 Å². The lowest BCUT2D eigenvalue weighted by Crippen LogP contribution is -2.17. The van der Waals surface area contributed by atoms with Crippen LogP contribution >= 0.6 is 0 Å². The third kappa shape index (κ3) is 3.90. The molecule has 7 heteroatoms. The largest absolute Gasteiger partial charge is 0.503 e. The molecule has 254 valence electrons. The molecule has 0 saturated carbocycles. The summed E-state index contributed by atoms with van der Waals surface area (Å²) in [5, 5.41) is 61.1. The number of phenols is 5. The molecule has 2 aliphatic rings. The number of hydrogen-bond acceptors (Lipinski definition) is 7. The molecule has 0 saturated heterocycles. The Morgan fingerprint density at radius 3 is 1.96 bits per heavy atom. The first-order valence-electron chi connectivity index (χ1n) is 17.4. The lowest BCUT2D eigenvalue weighted by molar-refractivity contribution is 0.329. The Balaban J connectivity index is 1.26. The molecular weight excluding hydrogens is 649 g/mol. The van der Waals surface area contributed by atoms with Crippen molar-refractivity contribution in [2.75, 3.05) is 16.3 Å². The van der Waals surface area contributed by atoms with Crippen molar-refractivity contribution in [2.24, 2.45) is 0 Å². The first-order valence-corrected chi connectivity index (χ1v) is 17.4. The van der Waals surface area contributed by atoms with E-state index in [1.807, 2.05) is 48.5 Å². The van der Waals surface area contributed by atoms with Gasteiger partial charge < -0.3 is 35.3 Å². The van der Waals surface area contributed by atoms with E-state index in [-0.39, 0.29) is 11.1 Å². The lowest BCUT2D eigenvalue weighted by atomic mass is 9.82. The van der Waals surface area contributed by atoms with Gasteiger partial charge in [0.1, 0.15) is 5.69 Å². The summed E-state index contributed by atoms with van der Waals surface area (Å²) in [6.45, 7) is 5.23. The Labute approximate surface area is 299 Å². The number of hydrogen-bond donors (Lipinski definition) is 5. The van der Waals surface area contributed by atoms with E-state index in [2.05, 4.69) is 85.5 Å². The van der Waals surface area contributed by atoms with E-state index in [9.17, 15) is 25.5 Å². The van der Waals surface area contributed by atoms with Gasteiger partial charge in [-0.1, -0.05) is 98.8 Å². The fourth-order valence-electron chi connectivity index (χ4n) is 8.89. The highest BCUT2D eigenvalue weighted by molar-refractivity contribution is 6.28. The van der Waals surface area contributed by atoms with Crippen LogP contribution in [-0.2, 0) is 11.8 Å². The molecule has 52 heavy (non-hydrogen) atoms. The minimum atomic E-state index is -1.00. The summed E-state index contributed by atoms with van der Waals surface area (Å²) in [7, 11) is 0. The molecule has 1 aliphatic carbocycles. The van der Waals surface area contributed by atoms with Gasteiger partial charge in [0.2, 0.25) is 17.2 Å². The summed E-state index contributed by atoms with van der Waals surface area (Å²) in [4.78, 5) is 4.04. The zero-order chi connectivity index (χ0) is 35.6. The van der Waals surface area contributed by atoms with Gasteiger partial charge in [0.05, 0.1) is 5.69 Å². The smallest absolute Gasteiger partial charge is 0.208 e. The molecule has 5 N–H and O–H groups in total. The van der Waals surface area contributed by atoms with Crippen LogP contribution in [0.15, 0.2) is 115 Å². The second-order valence-corrected chi connectivity index (χ2v) is 14.4. The highest BCUT2D eigenvalue weighted by Crippen LogP contribution is 2.60. The van der Waals surface area contributed by atoms with Gasteiger partial charge >= 0.3 is 0 Å². The highest BCUT2D eigenvalue weighted by atomic mass is 16.4. The van der Waals surface area contributed by atoms with Gasteiger partial charge in [0.15, 0.2) is 11.5 Å². The molecule has 0 spiro atoms. The van der Waals surface area contributed by atoms with Crippen molar-refractivity contribution < 1.29 is 25.5 Å². The van der Waals surface area contributed by atoms with E-state index < -0.39 is 28.7 Å². The van der Waals surface area contributed by atoms with Crippen LogP contribution in [0.5, 0.6) is 28.7 Å². The van der Waals surface area contributed by atoms with Gasteiger partial charge in [-0.3, -0.25) is 0 Å². The maximum atomic E-state index is 11.5.